The molecule has 0 aromatic heterocycles. The largest absolute Gasteiger partial charge is 0.378 e. The molecule has 1 aliphatic rings. The molecule has 0 N–H and O–H groups in total. The molecule has 0 radical (unpaired) electrons. The van der Waals surface area contributed by atoms with Crippen LogP contribution in [0.15, 0.2) is 0 Å². The third-order valence-electron chi connectivity index (χ3n) is 2.79. The van der Waals surface area contributed by atoms with E-state index in [0.717, 1.165) is 32.2 Å². The highest BCUT2D eigenvalue weighted by Gasteiger charge is 2.32. The first-order chi connectivity index (χ1) is 5.72. The van der Waals surface area contributed by atoms with Crippen molar-refractivity contribution in [2.24, 2.45) is 0 Å². The molecule has 12 heavy (non-hydrogen) atoms. The lowest BCUT2D eigenvalue weighted by Gasteiger charge is -2.38. The molecule has 1 rings (SSSR count). The van der Waals surface area contributed by atoms with Crippen molar-refractivity contribution < 1.29 is 9.53 Å². The summed E-state index contributed by atoms with van der Waals surface area (Å²) < 4.78 is 5.41. The van der Waals surface area contributed by atoms with Gasteiger partial charge in [0.05, 0.1) is 5.60 Å². The summed E-state index contributed by atoms with van der Waals surface area (Å²) in [5, 5.41) is 0. The monoisotopic (exact) mass is 171 g/mol. The Morgan fingerprint density at radius 2 is 2.08 bits per heavy atom. The molecular weight excluding hydrogens is 154 g/mol. The molecule has 0 spiro atoms. The van der Waals surface area contributed by atoms with Crippen LogP contribution in [0.25, 0.3) is 0 Å². The molecule has 1 saturated heterocycles. The lowest BCUT2D eigenvalue weighted by molar-refractivity contribution is -0.117. The number of methoxy groups -OCH3 is 1. The standard InChI is InChI=1S/C9H17NO2/c1-10-6-3-9(12-2,4-7-10)5-8-11/h8H,3-7H2,1-2H3. The van der Waals surface area contributed by atoms with Gasteiger partial charge in [0.2, 0.25) is 0 Å². The van der Waals surface area contributed by atoms with Crippen molar-refractivity contribution in [1.82, 2.24) is 4.90 Å². The molecule has 0 bridgehead atoms. The SMILES string of the molecule is COC1(CC=O)CCN(C)CC1. The molecule has 1 aliphatic heterocycles. The lowest BCUT2D eigenvalue weighted by Crippen LogP contribution is -2.44. The van der Waals surface area contributed by atoms with Gasteiger partial charge in [-0.05, 0) is 19.9 Å². The number of carbonyl (C=O) groups excluding carboxylic acids is 1. The van der Waals surface area contributed by atoms with E-state index in [-0.39, 0.29) is 5.60 Å². The van der Waals surface area contributed by atoms with Crippen molar-refractivity contribution >= 4 is 6.29 Å². The fraction of sp³-hybridized carbons (Fsp3) is 0.889. The topological polar surface area (TPSA) is 29.5 Å². The molecule has 0 saturated carbocycles. The molecule has 0 unspecified atom stereocenters. The van der Waals surface area contributed by atoms with Crippen LogP contribution in [0.2, 0.25) is 0 Å². The summed E-state index contributed by atoms with van der Waals surface area (Å²) in [7, 11) is 3.80. The van der Waals surface area contributed by atoms with E-state index in [9.17, 15) is 4.79 Å². The second kappa shape index (κ2) is 4.01. The average molecular weight is 171 g/mol. The Kier molecular flexibility index (Phi) is 3.23. The van der Waals surface area contributed by atoms with E-state index in [1.165, 1.54) is 0 Å². The van der Waals surface area contributed by atoms with Crippen LogP contribution in [-0.4, -0.2) is 44.0 Å². The molecule has 1 fully saturated rings. The van der Waals surface area contributed by atoms with Gasteiger partial charge >= 0.3 is 0 Å². The van der Waals surface area contributed by atoms with Gasteiger partial charge in [-0.2, -0.15) is 0 Å². The Hall–Kier alpha value is -0.410. The van der Waals surface area contributed by atoms with Gasteiger partial charge in [-0.25, -0.2) is 0 Å². The van der Waals surface area contributed by atoms with Crippen LogP contribution in [0.1, 0.15) is 19.3 Å². The second-order valence-electron chi connectivity index (χ2n) is 3.56. The maximum Gasteiger partial charge on any atom is 0.122 e. The van der Waals surface area contributed by atoms with Crippen LogP contribution in [0.3, 0.4) is 0 Å². The molecule has 0 aromatic rings. The summed E-state index contributed by atoms with van der Waals surface area (Å²) in [5.41, 5.74) is -0.158. The fourth-order valence-electron chi connectivity index (χ4n) is 1.67. The van der Waals surface area contributed by atoms with Crippen LogP contribution in [0.4, 0.5) is 0 Å². The molecule has 3 nitrogen and oxygen atoms in total. The van der Waals surface area contributed by atoms with Crippen molar-refractivity contribution in [3.63, 3.8) is 0 Å². The van der Waals surface area contributed by atoms with Crippen molar-refractivity contribution in [1.29, 1.82) is 0 Å². The van der Waals surface area contributed by atoms with Gasteiger partial charge in [0.15, 0.2) is 0 Å². The predicted molar refractivity (Wildman–Crippen MR) is 47.2 cm³/mol. The van der Waals surface area contributed by atoms with E-state index in [4.69, 9.17) is 4.74 Å². The Morgan fingerprint density at radius 1 is 1.50 bits per heavy atom. The molecule has 0 amide bonds. The van der Waals surface area contributed by atoms with Crippen molar-refractivity contribution in [2.75, 3.05) is 27.2 Å². The summed E-state index contributed by atoms with van der Waals surface area (Å²) in [6.07, 6.45) is 3.45. The van der Waals surface area contributed by atoms with Crippen LogP contribution in [0.5, 0.6) is 0 Å². The fourth-order valence-corrected chi connectivity index (χ4v) is 1.67. The van der Waals surface area contributed by atoms with Gasteiger partial charge in [-0.3, -0.25) is 0 Å². The number of carbonyl (C=O) groups is 1. The van der Waals surface area contributed by atoms with E-state index < -0.39 is 0 Å². The average Bonchev–Trinajstić information content (AvgIpc) is 2.10. The van der Waals surface area contributed by atoms with E-state index in [2.05, 4.69) is 11.9 Å². The molecule has 0 atom stereocenters. The van der Waals surface area contributed by atoms with Crippen LogP contribution >= 0.6 is 0 Å². The van der Waals surface area contributed by atoms with Crippen molar-refractivity contribution in [3.8, 4) is 0 Å². The van der Waals surface area contributed by atoms with Crippen molar-refractivity contribution in [3.05, 3.63) is 0 Å². The first-order valence-corrected chi connectivity index (χ1v) is 4.40. The summed E-state index contributed by atoms with van der Waals surface area (Å²) in [6.45, 7) is 2.06. The highest BCUT2D eigenvalue weighted by Crippen LogP contribution is 2.27. The highest BCUT2D eigenvalue weighted by molar-refractivity contribution is 5.51. The second-order valence-corrected chi connectivity index (χ2v) is 3.56. The maximum absolute atomic E-state index is 10.4. The molecule has 1 heterocycles. The minimum absolute atomic E-state index is 0.158. The van der Waals surface area contributed by atoms with Crippen LogP contribution in [0, 0.1) is 0 Å². The highest BCUT2D eigenvalue weighted by atomic mass is 16.5. The molecular formula is C9H17NO2. The number of piperidine rings is 1. The minimum Gasteiger partial charge on any atom is -0.378 e. The number of hydrogen-bond acceptors (Lipinski definition) is 3. The summed E-state index contributed by atoms with van der Waals surface area (Å²) in [5.74, 6) is 0. The van der Waals surface area contributed by atoms with Gasteiger partial charge < -0.3 is 14.4 Å². The van der Waals surface area contributed by atoms with Gasteiger partial charge in [0.25, 0.3) is 0 Å². The Balaban J connectivity index is 2.50. The van der Waals surface area contributed by atoms with Gasteiger partial charge in [-0.1, -0.05) is 0 Å². The number of nitrogens with zero attached hydrogens (tertiary/aromatic N) is 1. The van der Waals surface area contributed by atoms with Crippen LogP contribution in [-0.2, 0) is 9.53 Å². The smallest absolute Gasteiger partial charge is 0.122 e. The summed E-state index contributed by atoms with van der Waals surface area (Å²) in [6, 6.07) is 0. The van der Waals surface area contributed by atoms with E-state index >= 15 is 0 Å². The minimum atomic E-state index is -0.158. The first-order valence-electron chi connectivity index (χ1n) is 4.40. The summed E-state index contributed by atoms with van der Waals surface area (Å²) >= 11 is 0. The molecule has 3 heteroatoms. The molecule has 70 valence electrons. The number of ether oxygens (including phenoxy) is 1. The van der Waals surface area contributed by atoms with Crippen LogP contribution < -0.4 is 0 Å². The summed E-state index contributed by atoms with van der Waals surface area (Å²) in [4.78, 5) is 12.7. The Labute approximate surface area is 73.7 Å². The zero-order valence-electron chi connectivity index (χ0n) is 7.88. The maximum atomic E-state index is 10.4. The molecule has 0 aliphatic carbocycles. The number of hydrogen-bond donors (Lipinski definition) is 0. The predicted octanol–water partition coefficient (Wildman–Crippen LogP) is 0.686. The zero-order valence-corrected chi connectivity index (χ0v) is 7.88. The third-order valence-corrected chi connectivity index (χ3v) is 2.79. The van der Waals surface area contributed by atoms with E-state index in [1.807, 2.05) is 0 Å². The van der Waals surface area contributed by atoms with Gasteiger partial charge in [-0.15, -0.1) is 0 Å². The lowest BCUT2D eigenvalue weighted by atomic mass is 9.89. The van der Waals surface area contributed by atoms with Gasteiger partial charge in [0.1, 0.15) is 6.29 Å². The third kappa shape index (κ3) is 2.05. The van der Waals surface area contributed by atoms with E-state index in [0.29, 0.717) is 6.42 Å². The normalized spacial score (nSPS) is 23.8. The van der Waals surface area contributed by atoms with Gasteiger partial charge in [0, 0.05) is 26.6 Å². The number of rotatable bonds is 3. The van der Waals surface area contributed by atoms with Crippen molar-refractivity contribution in [2.45, 2.75) is 24.9 Å². The number of aldehydes is 1. The quantitative estimate of drug-likeness (QED) is 0.585. The number of likely N-dealkylation sites (tertiary alicyclic amines) is 1. The zero-order chi connectivity index (χ0) is 9.03. The first kappa shape index (κ1) is 9.68. The molecule has 0 aromatic carbocycles. The Morgan fingerprint density at radius 3 is 2.50 bits per heavy atom. The Bertz CT molecular complexity index is 151. The van der Waals surface area contributed by atoms with E-state index in [1.54, 1.807) is 7.11 Å².